The summed E-state index contributed by atoms with van der Waals surface area (Å²) in [4.78, 5) is 28.5. The first kappa shape index (κ1) is 23.8. The van der Waals surface area contributed by atoms with E-state index in [1.165, 1.54) is 0 Å². The molecular weight excluding hydrogens is 426 g/mol. The molecule has 1 atom stereocenters. The molecule has 0 aliphatic heterocycles. The van der Waals surface area contributed by atoms with Crippen LogP contribution in [0.15, 0.2) is 42.6 Å². The summed E-state index contributed by atoms with van der Waals surface area (Å²) in [7, 11) is 1.98. The number of Topliss-reactive ketones (excluding diaryl/α,β-unsaturated/α-hetero) is 1. The van der Waals surface area contributed by atoms with Crippen LogP contribution in [0.3, 0.4) is 0 Å². The molecule has 6 nitrogen and oxygen atoms in total. The molecule has 0 saturated heterocycles. The van der Waals surface area contributed by atoms with Gasteiger partial charge in [-0.1, -0.05) is 31.0 Å². The fourth-order valence-corrected chi connectivity index (χ4v) is 4.31. The van der Waals surface area contributed by atoms with Crippen molar-refractivity contribution in [2.45, 2.75) is 45.4 Å². The minimum atomic E-state index is -0.884. The van der Waals surface area contributed by atoms with E-state index in [0.717, 1.165) is 54.6 Å². The number of carbonyl (C=O) groups excluding carboxylic acids is 1. The highest BCUT2D eigenvalue weighted by Gasteiger charge is 2.23. The summed E-state index contributed by atoms with van der Waals surface area (Å²) in [6.45, 7) is 2.65. The second-order valence-corrected chi connectivity index (χ2v) is 8.76. The maximum Gasteiger partial charge on any atom is 0.303 e. The minimum absolute atomic E-state index is 0.0153. The SMILES string of the molecule is C[C@H](CC(=O)O)CC(=O)c1c(CCCCCNc2ccccn2)n(C)c2ccc(Cl)cc12. The summed E-state index contributed by atoms with van der Waals surface area (Å²) in [5, 5.41) is 13.8. The smallest absolute Gasteiger partial charge is 0.303 e. The van der Waals surface area contributed by atoms with Gasteiger partial charge in [-0.15, -0.1) is 0 Å². The van der Waals surface area contributed by atoms with Gasteiger partial charge in [-0.2, -0.15) is 0 Å². The van der Waals surface area contributed by atoms with E-state index < -0.39 is 5.97 Å². The van der Waals surface area contributed by atoms with E-state index in [1.807, 2.05) is 43.4 Å². The Labute approximate surface area is 193 Å². The number of aliphatic carboxylic acids is 1. The Morgan fingerprint density at radius 3 is 2.69 bits per heavy atom. The first-order chi connectivity index (χ1) is 15.4. The number of rotatable bonds is 12. The molecule has 2 aromatic heterocycles. The van der Waals surface area contributed by atoms with Crippen molar-refractivity contribution in [1.29, 1.82) is 0 Å². The van der Waals surface area contributed by atoms with Gasteiger partial charge >= 0.3 is 5.97 Å². The first-order valence-electron chi connectivity index (χ1n) is 11.0. The number of anilines is 1. The molecule has 7 heteroatoms. The Morgan fingerprint density at radius 2 is 1.97 bits per heavy atom. The van der Waals surface area contributed by atoms with E-state index in [-0.39, 0.29) is 24.5 Å². The van der Waals surface area contributed by atoms with Crippen LogP contribution in [0.1, 0.15) is 55.1 Å². The molecule has 3 aromatic rings. The maximum atomic E-state index is 13.2. The highest BCUT2D eigenvalue weighted by molar-refractivity contribution is 6.31. The van der Waals surface area contributed by atoms with E-state index in [4.69, 9.17) is 16.7 Å². The van der Waals surface area contributed by atoms with Crippen LogP contribution in [0.5, 0.6) is 0 Å². The van der Waals surface area contributed by atoms with Crippen molar-refractivity contribution in [3.8, 4) is 0 Å². The third-order valence-electron chi connectivity index (χ3n) is 5.68. The van der Waals surface area contributed by atoms with Gasteiger partial charge in [0.1, 0.15) is 5.82 Å². The van der Waals surface area contributed by atoms with Gasteiger partial charge < -0.3 is 15.0 Å². The lowest BCUT2D eigenvalue weighted by atomic mass is 9.94. The fraction of sp³-hybridized carbons (Fsp3) is 0.400. The van der Waals surface area contributed by atoms with E-state index in [2.05, 4.69) is 14.9 Å². The molecule has 0 unspecified atom stereocenters. The summed E-state index contributed by atoms with van der Waals surface area (Å²) < 4.78 is 2.08. The largest absolute Gasteiger partial charge is 0.481 e. The third-order valence-corrected chi connectivity index (χ3v) is 5.91. The Kier molecular flexibility index (Phi) is 8.28. The number of nitrogens with one attached hydrogen (secondary N) is 1. The number of carbonyl (C=O) groups is 2. The van der Waals surface area contributed by atoms with Crippen molar-refractivity contribution in [2.24, 2.45) is 13.0 Å². The van der Waals surface area contributed by atoms with Crippen LogP contribution >= 0.6 is 11.6 Å². The van der Waals surface area contributed by atoms with Crippen LogP contribution in [-0.4, -0.2) is 33.0 Å². The monoisotopic (exact) mass is 455 g/mol. The van der Waals surface area contributed by atoms with E-state index in [0.29, 0.717) is 10.6 Å². The van der Waals surface area contributed by atoms with Gasteiger partial charge in [0.25, 0.3) is 0 Å². The number of hydrogen-bond acceptors (Lipinski definition) is 4. The zero-order valence-electron chi connectivity index (χ0n) is 18.6. The van der Waals surface area contributed by atoms with Crippen LogP contribution < -0.4 is 5.32 Å². The van der Waals surface area contributed by atoms with Gasteiger partial charge in [0.2, 0.25) is 0 Å². The lowest BCUT2D eigenvalue weighted by molar-refractivity contribution is -0.137. The van der Waals surface area contributed by atoms with Gasteiger partial charge in [-0.3, -0.25) is 9.59 Å². The van der Waals surface area contributed by atoms with Crippen molar-refractivity contribution in [3.63, 3.8) is 0 Å². The number of carboxylic acids is 1. The standard InChI is InChI=1S/C25H30ClN3O3/c1-17(15-24(31)32)14-22(30)25-19-16-18(26)10-11-20(19)29(2)21(25)8-4-3-6-12-27-23-9-5-7-13-28-23/h5,7,9-11,13,16-17H,3-4,6,8,12,14-15H2,1-2H3,(H,27,28)(H,31,32)/t17-/m0/s1. The van der Waals surface area contributed by atoms with Gasteiger partial charge in [-0.05, 0) is 55.5 Å². The molecule has 0 amide bonds. The highest BCUT2D eigenvalue weighted by Crippen LogP contribution is 2.31. The highest BCUT2D eigenvalue weighted by atomic mass is 35.5. The van der Waals surface area contributed by atoms with Crippen molar-refractivity contribution in [1.82, 2.24) is 9.55 Å². The number of nitrogens with zero attached hydrogens (tertiary/aromatic N) is 2. The van der Waals surface area contributed by atoms with Crippen LogP contribution in [-0.2, 0) is 18.3 Å². The Hall–Kier alpha value is -2.86. The maximum absolute atomic E-state index is 13.2. The van der Waals surface area contributed by atoms with E-state index in [9.17, 15) is 9.59 Å². The average molecular weight is 456 g/mol. The average Bonchev–Trinajstić information content (AvgIpc) is 3.01. The summed E-state index contributed by atoms with van der Waals surface area (Å²) in [5.41, 5.74) is 2.65. The predicted molar refractivity (Wildman–Crippen MR) is 129 cm³/mol. The van der Waals surface area contributed by atoms with Gasteiger partial charge in [0.05, 0.1) is 0 Å². The molecule has 0 saturated carbocycles. The molecule has 170 valence electrons. The molecule has 0 fully saturated rings. The molecule has 0 aliphatic rings. The zero-order valence-corrected chi connectivity index (χ0v) is 19.4. The van der Waals surface area contributed by atoms with Gasteiger partial charge in [0.15, 0.2) is 5.78 Å². The summed E-state index contributed by atoms with van der Waals surface area (Å²) in [6, 6.07) is 11.4. The molecule has 0 spiro atoms. The molecule has 2 heterocycles. The summed E-state index contributed by atoms with van der Waals surface area (Å²) in [6.07, 6.45) is 5.71. The number of hydrogen-bond donors (Lipinski definition) is 2. The topological polar surface area (TPSA) is 84.2 Å². The van der Waals surface area contributed by atoms with Crippen molar-refractivity contribution in [2.75, 3.05) is 11.9 Å². The molecule has 2 N–H and O–H groups in total. The number of pyridine rings is 1. The third kappa shape index (κ3) is 6.10. The minimum Gasteiger partial charge on any atom is -0.481 e. The fourth-order valence-electron chi connectivity index (χ4n) is 4.14. The Balaban J connectivity index is 1.69. The summed E-state index contributed by atoms with van der Waals surface area (Å²) >= 11 is 6.23. The molecule has 1 aromatic carbocycles. The normalized spacial score (nSPS) is 12.1. The molecule has 3 rings (SSSR count). The molecule has 0 radical (unpaired) electrons. The zero-order chi connectivity index (χ0) is 23.1. The lowest BCUT2D eigenvalue weighted by Crippen LogP contribution is -2.12. The summed E-state index contributed by atoms with van der Waals surface area (Å²) in [5.74, 6) is -0.245. The van der Waals surface area contributed by atoms with Gasteiger partial charge in [0, 0.05) is 59.8 Å². The number of fused-ring (bicyclic) bond motifs is 1. The van der Waals surface area contributed by atoms with Crippen molar-refractivity contribution >= 4 is 40.1 Å². The van der Waals surface area contributed by atoms with Gasteiger partial charge in [-0.25, -0.2) is 4.98 Å². The number of unbranched alkanes of at least 4 members (excludes halogenated alkanes) is 2. The first-order valence-corrected chi connectivity index (χ1v) is 11.4. The van der Waals surface area contributed by atoms with E-state index in [1.54, 1.807) is 13.1 Å². The van der Waals surface area contributed by atoms with Crippen LogP contribution in [0.25, 0.3) is 10.9 Å². The molecule has 0 aliphatic carbocycles. The molecular formula is C25H30ClN3O3. The second kappa shape index (κ2) is 11.1. The number of aromatic nitrogens is 2. The lowest BCUT2D eigenvalue weighted by Gasteiger charge is -2.11. The predicted octanol–water partition coefficient (Wildman–Crippen LogP) is 5.74. The van der Waals surface area contributed by atoms with Crippen LogP contribution in [0.4, 0.5) is 5.82 Å². The number of carboxylic acid groups (broad SMARTS) is 1. The van der Waals surface area contributed by atoms with Crippen LogP contribution in [0.2, 0.25) is 5.02 Å². The molecule has 0 bridgehead atoms. The quantitative estimate of drug-likeness (QED) is 0.269. The van der Waals surface area contributed by atoms with Crippen LogP contribution in [0, 0.1) is 5.92 Å². The van der Waals surface area contributed by atoms with Crippen molar-refractivity contribution < 1.29 is 14.7 Å². The molecule has 32 heavy (non-hydrogen) atoms. The Morgan fingerprint density at radius 1 is 1.16 bits per heavy atom. The number of halogens is 1. The second-order valence-electron chi connectivity index (χ2n) is 8.32. The number of ketones is 1. The number of benzene rings is 1. The van der Waals surface area contributed by atoms with Crippen molar-refractivity contribution in [3.05, 3.63) is 58.9 Å². The number of aryl methyl sites for hydroxylation is 1. The Bertz CT molecular complexity index is 1080. The van der Waals surface area contributed by atoms with E-state index >= 15 is 0 Å².